The number of nitrogens with zero attached hydrogens (tertiary/aromatic N) is 4. The van der Waals surface area contributed by atoms with Crippen LogP contribution in [-0.2, 0) is 5.60 Å². The summed E-state index contributed by atoms with van der Waals surface area (Å²) in [5.74, 6) is -0.794. The second-order valence-corrected chi connectivity index (χ2v) is 8.81. The zero-order valence-corrected chi connectivity index (χ0v) is 19.3. The minimum absolute atomic E-state index is 0.208. The van der Waals surface area contributed by atoms with Gasteiger partial charge in [-0.3, -0.25) is 4.98 Å². The number of anilines is 1. The Balaban J connectivity index is 1.79. The van der Waals surface area contributed by atoms with E-state index in [2.05, 4.69) is 20.3 Å². The number of fused-ring (bicyclic) bond motifs is 1. The lowest BCUT2D eigenvalue weighted by molar-refractivity contribution is 0.0687. The van der Waals surface area contributed by atoms with Crippen LogP contribution in [0.15, 0.2) is 48.9 Å². The molecule has 6 nitrogen and oxygen atoms in total. The van der Waals surface area contributed by atoms with Crippen LogP contribution in [0.1, 0.15) is 43.8 Å². The highest BCUT2D eigenvalue weighted by Crippen LogP contribution is 2.36. The van der Waals surface area contributed by atoms with Crippen LogP contribution in [-0.4, -0.2) is 20.1 Å². The minimum Gasteiger partial charge on any atom is -0.382 e. The van der Waals surface area contributed by atoms with Crippen LogP contribution >= 0.6 is 11.6 Å². The highest BCUT2D eigenvalue weighted by atomic mass is 35.5. The minimum atomic E-state index is -1.23. The van der Waals surface area contributed by atoms with Crippen molar-refractivity contribution < 1.29 is 13.9 Å². The van der Waals surface area contributed by atoms with Gasteiger partial charge in [0.1, 0.15) is 17.2 Å². The summed E-state index contributed by atoms with van der Waals surface area (Å²) in [7, 11) is 0. The summed E-state index contributed by atoms with van der Waals surface area (Å²) in [6, 6.07) is 8.40. The van der Waals surface area contributed by atoms with E-state index in [1.54, 1.807) is 26.8 Å². The Morgan fingerprint density at radius 1 is 1.06 bits per heavy atom. The maximum Gasteiger partial charge on any atom is 0.159 e. The Hall–Kier alpha value is -3.67. The van der Waals surface area contributed by atoms with E-state index < -0.39 is 23.3 Å². The van der Waals surface area contributed by atoms with Crippen LogP contribution < -0.4 is 5.32 Å². The molecule has 0 saturated heterocycles. The number of halogens is 3. The van der Waals surface area contributed by atoms with E-state index in [-0.39, 0.29) is 22.0 Å². The van der Waals surface area contributed by atoms with Crippen molar-refractivity contribution in [3.63, 3.8) is 0 Å². The van der Waals surface area contributed by atoms with Gasteiger partial charge in [-0.2, -0.15) is 5.26 Å². The predicted octanol–water partition coefficient (Wildman–Crippen LogP) is 5.90. The fraction of sp³-hybridized carbons (Fsp3) is 0.200. The maximum atomic E-state index is 15.0. The number of nitriles is 1. The van der Waals surface area contributed by atoms with Crippen LogP contribution in [0.4, 0.5) is 14.5 Å². The second kappa shape index (κ2) is 8.93. The van der Waals surface area contributed by atoms with E-state index >= 15 is 0 Å². The van der Waals surface area contributed by atoms with Gasteiger partial charge >= 0.3 is 0 Å². The van der Waals surface area contributed by atoms with Gasteiger partial charge in [0, 0.05) is 46.7 Å². The number of hydrogen-bond acceptors (Lipinski definition) is 6. The fourth-order valence-corrected chi connectivity index (χ4v) is 3.78. The monoisotopic (exact) mass is 479 g/mol. The van der Waals surface area contributed by atoms with Gasteiger partial charge in [0.25, 0.3) is 0 Å². The van der Waals surface area contributed by atoms with Gasteiger partial charge in [0.05, 0.1) is 33.9 Å². The Bertz CT molecular complexity index is 1430. The standard InChI is InChI=1S/C25H20ClF2N5O/c1-13(16-6-14(9-29)4-5-20(16)27)33-23-18-7-17(21(28)8-22(18)30-12-19(23)26)15-10-31-24(32-11-15)25(2,3)34/h4-8,10-13,34H,1-3H3,(H,30,33)/t13-/m1/s1. The van der Waals surface area contributed by atoms with Crippen molar-refractivity contribution in [1.29, 1.82) is 5.26 Å². The van der Waals surface area contributed by atoms with E-state index in [0.29, 0.717) is 27.7 Å². The third-order valence-corrected chi connectivity index (χ3v) is 5.66. The van der Waals surface area contributed by atoms with Gasteiger partial charge in [-0.05, 0) is 45.0 Å². The van der Waals surface area contributed by atoms with Gasteiger partial charge in [-0.15, -0.1) is 0 Å². The lowest BCUT2D eigenvalue weighted by Gasteiger charge is -2.20. The summed E-state index contributed by atoms with van der Waals surface area (Å²) in [5.41, 5.74) is 0.791. The topological polar surface area (TPSA) is 94.7 Å². The SMILES string of the molecule is C[C@@H](Nc1c(Cl)cnc2cc(F)c(-c3cnc(C(C)(C)O)nc3)cc12)c1cc(C#N)ccc1F. The molecule has 0 amide bonds. The van der Waals surface area contributed by atoms with Gasteiger partial charge in [-0.25, -0.2) is 18.7 Å². The molecule has 2 aromatic carbocycles. The molecule has 0 bridgehead atoms. The van der Waals surface area contributed by atoms with Gasteiger partial charge < -0.3 is 10.4 Å². The Morgan fingerprint density at radius 2 is 1.76 bits per heavy atom. The van der Waals surface area contributed by atoms with Crippen molar-refractivity contribution >= 4 is 28.2 Å². The highest BCUT2D eigenvalue weighted by molar-refractivity contribution is 6.34. The molecule has 2 N–H and O–H groups in total. The van der Waals surface area contributed by atoms with Crippen LogP contribution in [0.5, 0.6) is 0 Å². The largest absolute Gasteiger partial charge is 0.382 e. The van der Waals surface area contributed by atoms with Crippen molar-refractivity contribution in [2.75, 3.05) is 5.32 Å². The molecule has 0 radical (unpaired) electrons. The Kier molecular flexibility index (Phi) is 6.17. The first-order valence-corrected chi connectivity index (χ1v) is 10.8. The first-order valence-electron chi connectivity index (χ1n) is 10.4. The molecule has 0 fully saturated rings. The van der Waals surface area contributed by atoms with Gasteiger partial charge in [-0.1, -0.05) is 11.6 Å². The molecule has 0 spiro atoms. The molecule has 9 heteroatoms. The summed E-state index contributed by atoms with van der Waals surface area (Å²) in [5, 5.41) is 23.2. The van der Waals surface area contributed by atoms with Crippen molar-refractivity contribution in [3.05, 3.63) is 82.5 Å². The lowest BCUT2D eigenvalue weighted by atomic mass is 10.0. The number of hydrogen-bond donors (Lipinski definition) is 2. The maximum absolute atomic E-state index is 15.0. The van der Waals surface area contributed by atoms with Crippen molar-refractivity contribution in [1.82, 2.24) is 15.0 Å². The first-order chi connectivity index (χ1) is 16.1. The van der Waals surface area contributed by atoms with E-state index in [4.69, 9.17) is 16.9 Å². The van der Waals surface area contributed by atoms with Crippen molar-refractivity contribution in [2.45, 2.75) is 32.4 Å². The molecule has 4 rings (SSSR count). The summed E-state index contributed by atoms with van der Waals surface area (Å²) < 4.78 is 29.4. The Labute approximate surface area is 199 Å². The molecule has 0 aliphatic carbocycles. The van der Waals surface area contributed by atoms with Crippen LogP contribution in [0.2, 0.25) is 5.02 Å². The molecular weight excluding hydrogens is 460 g/mol. The zero-order chi connectivity index (χ0) is 24.6. The zero-order valence-electron chi connectivity index (χ0n) is 18.6. The highest BCUT2D eigenvalue weighted by Gasteiger charge is 2.21. The number of aromatic nitrogens is 3. The third kappa shape index (κ3) is 4.53. The summed E-state index contributed by atoms with van der Waals surface area (Å²) in [4.78, 5) is 12.5. The first kappa shape index (κ1) is 23.5. The molecular formula is C25H20ClF2N5O. The summed E-state index contributed by atoms with van der Waals surface area (Å²) >= 11 is 6.42. The number of rotatable bonds is 5. The molecule has 2 heterocycles. The number of nitrogens with one attached hydrogen (secondary N) is 1. The molecule has 2 aromatic heterocycles. The average molecular weight is 480 g/mol. The molecule has 0 saturated carbocycles. The number of benzene rings is 2. The number of aliphatic hydroxyl groups is 1. The van der Waals surface area contributed by atoms with Gasteiger partial charge in [0.2, 0.25) is 0 Å². The molecule has 0 aliphatic rings. The molecule has 0 aliphatic heterocycles. The Morgan fingerprint density at radius 3 is 2.41 bits per heavy atom. The van der Waals surface area contributed by atoms with E-state index in [1.165, 1.54) is 42.9 Å². The fourth-order valence-electron chi connectivity index (χ4n) is 3.58. The van der Waals surface area contributed by atoms with E-state index in [1.807, 2.05) is 6.07 Å². The average Bonchev–Trinajstić information content (AvgIpc) is 2.80. The summed E-state index contributed by atoms with van der Waals surface area (Å²) in [6.07, 6.45) is 4.25. The van der Waals surface area contributed by atoms with E-state index in [9.17, 15) is 13.9 Å². The normalized spacial score (nSPS) is 12.4. The molecule has 4 aromatic rings. The molecule has 1 atom stereocenters. The van der Waals surface area contributed by atoms with Crippen molar-refractivity contribution in [2.24, 2.45) is 0 Å². The molecule has 34 heavy (non-hydrogen) atoms. The van der Waals surface area contributed by atoms with Crippen LogP contribution in [0.3, 0.4) is 0 Å². The predicted molar refractivity (Wildman–Crippen MR) is 126 cm³/mol. The van der Waals surface area contributed by atoms with Crippen LogP contribution in [0.25, 0.3) is 22.0 Å². The van der Waals surface area contributed by atoms with E-state index in [0.717, 1.165) is 0 Å². The third-order valence-electron chi connectivity index (χ3n) is 5.37. The number of pyridine rings is 1. The lowest BCUT2D eigenvalue weighted by Crippen LogP contribution is -2.19. The van der Waals surface area contributed by atoms with Gasteiger partial charge in [0.15, 0.2) is 5.82 Å². The smallest absolute Gasteiger partial charge is 0.159 e. The quantitative estimate of drug-likeness (QED) is 0.370. The second-order valence-electron chi connectivity index (χ2n) is 8.40. The van der Waals surface area contributed by atoms with Crippen molar-refractivity contribution in [3.8, 4) is 17.2 Å². The van der Waals surface area contributed by atoms with Crippen LogP contribution in [0, 0.1) is 23.0 Å². The molecule has 0 unspecified atom stereocenters. The molecule has 172 valence electrons. The summed E-state index contributed by atoms with van der Waals surface area (Å²) in [6.45, 7) is 4.84.